The summed E-state index contributed by atoms with van der Waals surface area (Å²) in [5.74, 6) is 1.94. The highest BCUT2D eigenvalue weighted by Gasteiger charge is 1.78. The highest BCUT2D eigenvalue weighted by Crippen LogP contribution is 1.85. The van der Waals surface area contributed by atoms with Crippen molar-refractivity contribution in [2.24, 2.45) is 0 Å². The molecule has 1 nitrogen and oxygen atoms in total. The van der Waals surface area contributed by atoms with E-state index in [-0.39, 0.29) is 0 Å². The van der Waals surface area contributed by atoms with Gasteiger partial charge < -0.3 is 0 Å². The molecule has 0 unspecified atom stereocenters. The first kappa shape index (κ1) is 5.74. The van der Waals surface area contributed by atoms with Crippen LogP contribution in [0.4, 0.5) is 0 Å². The van der Waals surface area contributed by atoms with E-state index in [1.54, 1.807) is 12.9 Å². The van der Waals surface area contributed by atoms with E-state index in [2.05, 4.69) is 0 Å². The number of hydrogen-bond acceptors (Lipinski definition) is 1. The zero-order chi connectivity index (χ0) is 4.99. The van der Waals surface area contributed by atoms with Crippen LogP contribution in [-0.4, -0.2) is 11.8 Å². The van der Waals surface area contributed by atoms with Crippen LogP contribution in [0.25, 0.3) is 0 Å². The van der Waals surface area contributed by atoms with Crippen molar-refractivity contribution in [3.63, 3.8) is 0 Å². The Kier molecular flexibility index (Phi) is 2.82. The van der Waals surface area contributed by atoms with Gasteiger partial charge in [-0.15, -0.1) is 11.6 Å². The standard InChI is InChI=1S/C4H5ClO/c1-4(2-5)3-6/h2H2,1H3. The third-order valence-corrected chi connectivity index (χ3v) is 0.776. The van der Waals surface area contributed by atoms with Gasteiger partial charge in [-0.3, -0.25) is 0 Å². The molecule has 0 bridgehead atoms. The van der Waals surface area contributed by atoms with Crippen LogP contribution in [0.15, 0.2) is 5.57 Å². The molecule has 0 aromatic rings. The molecule has 0 radical (unpaired) electrons. The van der Waals surface area contributed by atoms with E-state index in [0.29, 0.717) is 11.5 Å². The van der Waals surface area contributed by atoms with Crippen LogP contribution in [-0.2, 0) is 4.79 Å². The first-order chi connectivity index (χ1) is 2.81. The third-order valence-electron chi connectivity index (χ3n) is 0.375. The van der Waals surface area contributed by atoms with Gasteiger partial charge in [0.15, 0.2) is 0 Å². The van der Waals surface area contributed by atoms with Crippen LogP contribution in [0, 0.1) is 0 Å². The van der Waals surface area contributed by atoms with Crippen molar-refractivity contribution in [2.75, 3.05) is 5.88 Å². The van der Waals surface area contributed by atoms with Gasteiger partial charge in [-0.1, -0.05) is 0 Å². The highest BCUT2D eigenvalue weighted by molar-refractivity contribution is 6.20. The highest BCUT2D eigenvalue weighted by atomic mass is 35.5. The molecule has 6 heavy (non-hydrogen) atoms. The summed E-state index contributed by atoms with van der Waals surface area (Å²) >= 11 is 5.15. The minimum Gasteiger partial charge on any atom is -0.234 e. The molecule has 0 rings (SSSR count). The molecular weight excluding hydrogens is 99.5 g/mol. The summed E-state index contributed by atoms with van der Waals surface area (Å²) in [7, 11) is 0. The fraction of sp³-hybridized carbons (Fsp3) is 0.500. The Labute approximate surface area is 41.6 Å². The molecule has 0 fully saturated rings. The van der Waals surface area contributed by atoms with Crippen LogP contribution in [0.2, 0.25) is 0 Å². The maximum atomic E-state index is 9.49. The number of carbonyl (C=O) groups excluding carboxylic acids is 1. The van der Waals surface area contributed by atoms with Gasteiger partial charge in [0.1, 0.15) is 5.94 Å². The lowest BCUT2D eigenvalue weighted by molar-refractivity contribution is 0.567. The predicted molar refractivity (Wildman–Crippen MR) is 25.6 cm³/mol. The van der Waals surface area contributed by atoms with Crippen molar-refractivity contribution in [1.29, 1.82) is 0 Å². The van der Waals surface area contributed by atoms with Gasteiger partial charge in [0, 0.05) is 5.57 Å². The van der Waals surface area contributed by atoms with Crippen molar-refractivity contribution in [3.05, 3.63) is 5.57 Å². The zero-order valence-corrected chi connectivity index (χ0v) is 4.25. The summed E-state index contributed by atoms with van der Waals surface area (Å²) in [4.78, 5) is 9.49. The lowest BCUT2D eigenvalue weighted by atomic mass is 10.4. The first-order valence-corrected chi connectivity index (χ1v) is 2.11. The second-order valence-corrected chi connectivity index (χ2v) is 1.28. The molecule has 0 saturated carbocycles. The summed E-state index contributed by atoms with van der Waals surface area (Å²) in [6.45, 7) is 1.64. The lowest BCUT2D eigenvalue weighted by Gasteiger charge is -1.74. The molecule has 0 atom stereocenters. The molecule has 34 valence electrons. The molecular formula is C4H5ClO. The van der Waals surface area contributed by atoms with Crippen molar-refractivity contribution in [2.45, 2.75) is 6.92 Å². The molecule has 0 spiro atoms. The third kappa shape index (κ3) is 2.01. The van der Waals surface area contributed by atoms with Crippen molar-refractivity contribution >= 4 is 17.5 Å². The molecule has 0 N–H and O–H groups in total. The Morgan fingerprint density at radius 1 is 2.00 bits per heavy atom. The van der Waals surface area contributed by atoms with E-state index in [9.17, 15) is 4.79 Å². The molecule has 0 heterocycles. The Balaban J connectivity index is 3.52. The largest absolute Gasteiger partial charge is 0.234 e. The molecule has 0 aromatic heterocycles. The molecule has 0 amide bonds. The lowest BCUT2D eigenvalue weighted by Crippen LogP contribution is -1.72. The number of hydrogen-bond donors (Lipinski definition) is 0. The number of halogens is 1. The SMILES string of the molecule is CC(=C=O)CCl. The fourth-order valence-electron chi connectivity index (χ4n) is 0.0273. The fourth-order valence-corrected chi connectivity index (χ4v) is 0.0818. The Bertz CT molecular complexity index is 81.5. The topological polar surface area (TPSA) is 17.1 Å². The van der Waals surface area contributed by atoms with E-state index in [4.69, 9.17) is 11.6 Å². The molecule has 2 heteroatoms. The predicted octanol–water partition coefficient (Wildman–Crippen LogP) is 1.00. The van der Waals surface area contributed by atoms with Crippen molar-refractivity contribution in [3.8, 4) is 0 Å². The van der Waals surface area contributed by atoms with Crippen LogP contribution in [0.3, 0.4) is 0 Å². The zero-order valence-electron chi connectivity index (χ0n) is 3.49. The van der Waals surface area contributed by atoms with Crippen LogP contribution < -0.4 is 0 Å². The van der Waals surface area contributed by atoms with Crippen LogP contribution in [0.5, 0.6) is 0 Å². The number of allylic oxidation sites excluding steroid dienone is 1. The first-order valence-electron chi connectivity index (χ1n) is 1.57. The molecule has 0 saturated heterocycles. The van der Waals surface area contributed by atoms with E-state index in [1.807, 2.05) is 0 Å². The molecule has 0 aromatic carbocycles. The minimum atomic E-state index is 0.295. The smallest absolute Gasteiger partial charge is 0.124 e. The van der Waals surface area contributed by atoms with Gasteiger partial charge in [0.25, 0.3) is 0 Å². The summed E-state index contributed by atoms with van der Waals surface area (Å²) in [6, 6.07) is 0. The van der Waals surface area contributed by atoms with E-state index < -0.39 is 0 Å². The van der Waals surface area contributed by atoms with Gasteiger partial charge >= 0.3 is 0 Å². The van der Waals surface area contributed by atoms with Crippen molar-refractivity contribution < 1.29 is 4.79 Å². The van der Waals surface area contributed by atoms with E-state index in [0.717, 1.165) is 0 Å². The van der Waals surface area contributed by atoms with Crippen molar-refractivity contribution in [1.82, 2.24) is 0 Å². The maximum absolute atomic E-state index is 9.49. The molecule has 0 aliphatic heterocycles. The van der Waals surface area contributed by atoms with Gasteiger partial charge in [0.05, 0.1) is 5.88 Å². The Morgan fingerprint density at radius 2 is 2.50 bits per heavy atom. The van der Waals surface area contributed by atoms with Gasteiger partial charge in [-0.05, 0) is 6.92 Å². The number of rotatable bonds is 1. The normalized spacial score (nSPS) is 7.00. The second kappa shape index (κ2) is 2.95. The summed E-state index contributed by atoms with van der Waals surface area (Å²) in [6.07, 6.45) is 0. The Morgan fingerprint density at radius 3 is 2.50 bits per heavy atom. The van der Waals surface area contributed by atoms with Gasteiger partial charge in [-0.2, -0.15) is 0 Å². The molecule has 0 aliphatic rings. The van der Waals surface area contributed by atoms with Crippen LogP contribution in [0.1, 0.15) is 6.92 Å². The quantitative estimate of drug-likeness (QED) is 0.358. The summed E-state index contributed by atoms with van der Waals surface area (Å²) < 4.78 is 0. The average molecular weight is 105 g/mol. The average Bonchev–Trinajstić information content (AvgIpc) is 1.65. The van der Waals surface area contributed by atoms with Gasteiger partial charge in [0.2, 0.25) is 0 Å². The second-order valence-electron chi connectivity index (χ2n) is 1.02. The minimum absolute atomic E-state index is 0.295. The number of alkyl halides is 1. The molecule has 0 aliphatic carbocycles. The van der Waals surface area contributed by atoms with E-state index in [1.165, 1.54) is 0 Å². The maximum Gasteiger partial charge on any atom is 0.124 e. The Hall–Kier alpha value is -0.260. The summed E-state index contributed by atoms with van der Waals surface area (Å²) in [5, 5.41) is 0. The van der Waals surface area contributed by atoms with Crippen LogP contribution >= 0.6 is 11.6 Å². The summed E-state index contributed by atoms with van der Waals surface area (Å²) in [5.41, 5.74) is 0.552. The van der Waals surface area contributed by atoms with Gasteiger partial charge in [-0.25, -0.2) is 4.79 Å². The monoisotopic (exact) mass is 104 g/mol. The van der Waals surface area contributed by atoms with E-state index >= 15 is 0 Å².